The summed E-state index contributed by atoms with van der Waals surface area (Å²) in [5.41, 5.74) is 1.27. The van der Waals surface area contributed by atoms with Crippen molar-refractivity contribution >= 4 is 23.1 Å². The van der Waals surface area contributed by atoms with Crippen LogP contribution in [0.1, 0.15) is 126 Å². The second-order valence-electron chi connectivity index (χ2n) is 15.7. The van der Waals surface area contributed by atoms with E-state index >= 15 is 9.59 Å². The standard InChI is InChI=1S/C43H58O6/c1-27(2)13-11-15-30(7)17-19-33-26-42(23-22-31(8)16-12-14-28(3)4)38(47)36(37(46)32-18-20-34(44)35(45)25-32)39(48)43(40(42)49,41(33,9)10)24-21-29(5)6/h13-14,17-18,20-22,25,33,44-46H,11-12,15-16,19,23-24,26H2,1-10H3/b30-17+,31-22+,37-36?/t33-,42-,43+/m0/s1. The number of fused-ring (bicyclic) bond motifs is 2. The van der Waals surface area contributed by atoms with E-state index in [1.165, 1.54) is 28.9 Å². The average Bonchev–Trinajstić information content (AvgIpc) is 3.00. The van der Waals surface area contributed by atoms with E-state index in [1.807, 2.05) is 46.8 Å². The van der Waals surface area contributed by atoms with E-state index in [9.17, 15) is 20.1 Å². The molecule has 1 aromatic rings. The van der Waals surface area contributed by atoms with E-state index < -0.39 is 50.6 Å². The maximum atomic E-state index is 15.2. The molecule has 2 aliphatic carbocycles. The SMILES string of the molecule is CC(C)=CCC/C(C)=C/C[C@H]1C[C@@]2(C/C=C(\C)CCC=C(C)C)C(=O)C(=C(O)c3ccc(O)c(O)c3)C(=O)[C@](CC=C(C)C)(C2=O)C1(C)C. The van der Waals surface area contributed by atoms with Gasteiger partial charge in [-0.3, -0.25) is 14.4 Å². The third kappa shape index (κ3) is 8.11. The van der Waals surface area contributed by atoms with E-state index in [4.69, 9.17) is 0 Å². The van der Waals surface area contributed by atoms with Crippen molar-refractivity contribution in [2.24, 2.45) is 22.2 Å². The Balaban J connectivity index is 2.32. The fraction of sp³-hybridized carbons (Fsp3) is 0.512. The Bertz CT molecular complexity index is 1650. The number of aliphatic hydroxyl groups excluding tert-OH is 1. The van der Waals surface area contributed by atoms with Crippen molar-refractivity contribution in [3.63, 3.8) is 0 Å². The first-order chi connectivity index (χ1) is 22.8. The predicted molar refractivity (Wildman–Crippen MR) is 199 cm³/mol. The number of ketones is 3. The van der Waals surface area contributed by atoms with Crippen LogP contribution in [0.4, 0.5) is 0 Å². The lowest BCUT2D eigenvalue weighted by Crippen LogP contribution is -2.69. The summed E-state index contributed by atoms with van der Waals surface area (Å²) < 4.78 is 0. The molecule has 1 aromatic carbocycles. The molecular formula is C43H58O6. The van der Waals surface area contributed by atoms with Crippen LogP contribution in [0.25, 0.3) is 5.76 Å². The number of benzene rings is 1. The minimum atomic E-state index is -1.61. The van der Waals surface area contributed by atoms with Gasteiger partial charge in [-0.25, -0.2) is 0 Å². The summed E-state index contributed by atoms with van der Waals surface area (Å²) in [5.74, 6) is -3.36. The fourth-order valence-electron chi connectivity index (χ4n) is 7.52. The molecule has 6 heteroatoms. The molecule has 0 amide bonds. The van der Waals surface area contributed by atoms with Crippen LogP contribution in [0.3, 0.4) is 0 Å². The molecule has 266 valence electrons. The Morgan fingerprint density at radius 1 is 0.735 bits per heavy atom. The second kappa shape index (κ2) is 15.7. The van der Waals surface area contributed by atoms with Gasteiger partial charge in [-0.1, -0.05) is 72.1 Å². The topological polar surface area (TPSA) is 112 Å². The zero-order valence-corrected chi connectivity index (χ0v) is 31.4. The molecule has 0 saturated heterocycles. The van der Waals surface area contributed by atoms with E-state index in [0.29, 0.717) is 6.42 Å². The van der Waals surface area contributed by atoms with Crippen molar-refractivity contribution in [3.8, 4) is 11.5 Å². The predicted octanol–water partition coefficient (Wildman–Crippen LogP) is 10.6. The number of Topliss-reactive ketones (excluding diaryl/α,β-unsaturated/α-hetero) is 3. The quantitative estimate of drug-likeness (QED) is 0.0481. The molecule has 6 nitrogen and oxygen atoms in total. The molecule has 0 spiro atoms. The minimum Gasteiger partial charge on any atom is -0.506 e. The summed E-state index contributed by atoms with van der Waals surface area (Å²) in [6, 6.07) is 3.68. The summed E-state index contributed by atoms with van der Waals surface area (Å²) in [6.45, 7) is 20.2. The molecule has 3 N–H and O–H groups in total. The fourth-order valence-corrected chi connectivity index (χ4v) is 7.52. The van der Waals surface area contributed by atoms with Crippen LogP contribution in [-0.2, 0) is 14.4 Å². The van der Waals surface area contributed by atoms with Crippen molar-refractivity contribution in [2.75, 3.05) is 0 Å². The molecule has 2 saturated carbocycles. The van der Waals surface area contributed by atoms with E-state index in [0.717, 1.165) is 42.9 Å². The largest absolute Gasteiger partial charge is 0.506 e. The highest BCUT2D eigenvalue weighted by Crippen LogP contribution is 2.65. The number of allylic oxidation sites excluding steroid dienone is 11. The third-order valence-electron chi connectivity index (χ3n) is 10.8. The maximum Gasteiger partial charge on any atom is 0.184 e. The van der Waals surface area contributed by atoms with Crippen molar-refractivity contribution in [3.05, 3.63) is 87.6 Å². The number of hydrogen-bond acceptors (Lipinski definition) is 6. The van der Waals surface area contributed by atoms with Gasteiger partial charge in [0.05, 0.1) is 5.41 Å². The van der Waals surface area contributed by atoms with Crippen LogP contribution in [0, 0.1) is 22.2 Å². The van der Waals surface area contributed by atoms with Gasteiger partial charge in [0.2, 0.25) is 0 Å². The summed E-state index contributed by atoms with van der Waals surface area (Å²) in [6.07, 6.45) is 15.0. The molecule has 2 aliphatic rings. The number of phenolic OH excluding ortho intramolecular Hbond substituents is 2. The molecule has 2 fully saturated rings. The Hall–Kier alpha value is -3.93. The second-order valence-corrected chi connectivity index (χ2v) is 15.7. The Morgan fingerprint density at radius 2 is 1.29 bits per heavy atom. The number of carbonyl (C=O) groups is 3. The summed E-state index contributed by atoms with van der Waals surface area (Å²) >= 11 is 0. The van der Waals surface area contributed by atoms with Crippen LogP contribution in [-0.4, -0.2) is 32.7 Å². The number of phenols is 2. The molecule has 0 radical (unpaired) electrons. The number of rotatable bonds is 13. The molecule has 2 bridgehead atoms. The Morgan fingerprint density at radius 3 is 1.82 bits per heavy atom. The van der Waals surface area contributed by atoms with Gasteiger partial charge in [0, 0.05) is 5.56 Å². The highest BCUT2D eigenvalue weighted by atomic mass is 16.3. The van der Waals surface area contributed by atoms with Crippen LogP contribution in [0.5, 0.6) is 11.5 Å². The molecular weight excluding hydrogens is 612 g/mol. The van der Waals surface area contributed by atoms with Gasteiger partial charge in [-0.15, -0.1) is 0 Å². The third-order valence-corrected chi connectivity index (χ3v) is 10.8. The van der Waals surface area contributed by atoms with Crippen molar-refractivity contribution < 1.29 is 29.7 Å². The summed E-state index contributed by atoms with van der Waals surface area (Å²) in [5, 5.41) is 31.9. The van der Waals surface area contributed by atoms with Gasteiger partial charge in [0.25, 0.3) is 0 Å². The first kappa shape index (κ1) is 39.5. The zero-order chi connectivity index (χ0) is 36.9. The number of aromatic hydroxyl groups is 2. The maximum absolute atomic E-state index is 15.2. The van der Waals surface area contributed by atoms with E-state index in [2.05, 4.69) is 52.8 Å². The molecule has 0 unspecified atom stereocenters. The molecule has 3 atom stereocenters. The smallest absolute Gasteiger partial charge is 0.184 e. The summed E-state index contributed by atoms with van der Waals surface area (Å²) in [7, 11) is 0. The monoisotopic (exact) mass is 670 g/mol. The number of carbonyl (C=O) groups excluding carboxylic acids is 3. The lowest BCUT2D eigenvalue weighted by atomic mass is 9.38. The van der Waals surface area contributed by atoms with Gasteiger partial charge in [0.15, 0.2) is 28.8 Å². The van der Waals surface area contributed by atoms with Crippen molar-refractivity contribution in [1.82, 2.24) is 0 Å². The average molecular weight is 671 g/mol. The first-order valence-electron chi connectivity index (χ1n) is 17.6. The molecule has 0 aliphatic heterocycles. The summed E-state index contributed by atoms with van der Waals surface area (Å²) in [4.78, 5) is 45.1. The van der Waals surface area contributed by atoms with Crippen molar-refractivity contribution in [2.45, 2.75) is 121 Å². The normalized spacial score (nSPS) is 24.8. The van der Waals surface area contributed by atoms with Crippen LogP contribution in [0.2, 0.25) is 0 Å². The van der Waals surface area contributed by atoms with Gasteiger partial charge in [0.1, 0.15) is 16.7 Å². The Kier molecular flexibility index (Phi) is 12.7. The highest BCUT2D eigenvalue weighted by Gasteiger charge is 2.73. The molecule has 3 rings (SSSR count). The number of hydrogen-bond donors (Lipinski definition) is 3. The van der Waals surface area contributed by atoms with E-state index in [-0.39, 0.29) is 36.5 Å². The van der Waals surface area contributed by atoms with Crippen LogP contribution in [0.15, 0.2) is 82.0 Å². The lowest BCUT2D eigenvalue weighted by molar-refractivity contribution is -0.176. The molecule has 49 heavy (non-hydrogen) atoms. The first-order valence-corrected chi connectivity index (χ1v) is 17.6. The van der Waals surface area contributed by atoms with Gasteiger partial charge in [-0.2, -0.15) is 0 Å². The van der Waals surface area contributed by atoms with Crippen LogP contribution < -0.4 is 0 Å². The minimum absolute atomic E-state index is 0.0182. The van der Waals surface area contributed by atoms with Gasteiger partial charge < -0.3 is 15.3 Å². The Labute approximate surface area is 294 Å². The van der Waals surface area contributed by atoms with Gasteiger partial charge in [-0.05, 0) is 136 Å². The lowest BCUT2D eigenvalue weighted by Gasteiger charge is -2.60. The highest BCUT2D eigenvalue weighted by molar-refractivity contribution is 6.41. The van der Waals surface area contributed by atoms with Gasteiger partial charge >= 0.3 is 0 Å². The molecule has 0 aromatic heterocycles. The van der Waals surface area contributed by atoms with E-state index in [1.54, 1.807) is 0 Å². The molecule has 0 heterocycles. The van der Waals surface area contributed by atoms with Crippen molar-refractivity contribution in [1.29, 1.82) is 0 Å². The van der Waals surface area contributed by atoms with Crippen LogP contribution >= 0.6 is 0 Å². The number of aliphatic hydroxyl groups is 1. The zero-order valence-electron chi connectivity index (χ0n) is 31.4.